The molecule has 1 saturated heterocycles. The molecular weight excluding hydrogens is 228 g/mol. The molecule has 3 heterocycles. The molecule has 0 aromatic carbocycles. The van der Waals surface area contributed by atoms with Gasteiger partial charge in [-0.3, -0.25) is 4.98 Å². The minimum atomic E-state index is 0.464. The third-order valence-corrected chi connectivity index (χ3v) is 3.35. The second kappa shape index (κ2) is 4.86. The number of likely N-dealkylation sites (tertiary alicyclic amines) is 1. The van der Waals surface area contributed by atoms with Gasteiger partial charge in [-0.1, -0.05) is 0 Å². The Labute approximate surface area is 106 Å². The highest BCUT2D eigenvalue weighted by molar-refractivity contribution is 5.44. The van der Waals surface area contributed by atoms with Crippen molar-refractivity contribution in [1.82, 2.24) is 19.9 Å². The second-order valence-corrected chi connectivity index (χ2v) is 4.77. The molecule has 0 spiro atoms. The van der Waals surface area contributed by atoms with Crippen molar-refractivity contribution in [1.29, 1.82) is 0 Å². The average molecular weight is 244 g/mol. The maximum Gasteiger partial charge on any atom is 0.246 e. The van der Waals surface area contributed by atoms with E-state index in [1.54, 1.807) is 18.7 Å². The monoisotopic (exact) mass is 244 g/mol. The van der Waals surface area contributed by atoms with Gasteiger partial charge in [0.25, 0.3) is 0 Å². The summed E-state index contributed by atoms with van der Waals surface area (Å²) in [6.45, 7) is 2.22. The first-order chi connectivity index (χ1) is 8.83. The molecule has 5 heteroatoms. The number of oxazole rings is 1. The maximum absolute atomic E-state index is 5.26. The minimum Gasteiger partial charge on any atom is -0.443 e. The zero-order valence-electron chi connectivity index (χ0n) is 10.4. The topological polar surface area (TPSA) is 55.1 Å². The first kappa shape index (κ1) is 11.3. The number of hydrogen-bond acceptors (Lipinski definition) is 5. The zero-order chi connectivity index (χ0) is 12.4. The lowest BCUT2D eigenvalue weighted by Gasteiger charge is -2.29. The van der Waals surface area contributed by atoms with Gasteiger partial charge in [0.05, 0.1) is 18.1 Å². The largest absolute Gasteiger partial charge is 0.443 e. The molecule has 1 unspecified atom stereocenters. The van der Waals surface area contributed by atoms with Gasteiger partial charge in [0.15, 0.2) is 0 Å². The van der Waals surface area contributed by atoms with Crippen LogP contribution in [0.15, 0.2) is 29.3 Å². The van der Waals surface area contributed by atoms with E-state index in [1.165, 1.54) is 19.4 Å². The van der Waals surface area contributed by atoms with Crippen LogP contribution in [0.2, 0.25) is 0 Å². The van der Waals surface area contributed by atoms with Crippen LogP contribution < -0.4 is 0 Å². The van der Waals surface area contributed by atoms with Crippen LogP contribution in [0.25, 0.3) is 11.6 Å². The fourth-order valence-electron chi connectivity index (χ4n) is 2.44. The summed E-state index contributed by atoms with van der Waals surface area (Å²) in [5.74, 6) is 1.000. The van der Waals surface area contributed by atoms with E-state index in [4.69, 9.17) is 4.42 Å². The van der Waals surface area contributed by atoms with Gasteiger partial charge in [0.1, 0.15) is 12.0 Å². The molecule has 1 atom stereocenters. The van der Waals surface area contributed by atoms with Crippen molar-refractivity contribution in [3.05, 3.63) is 30.5 Å². The van der Waals surface area contributed by atoms with Crippen LogP contribution in [0.5, 0.6) is 0 Å². The number of aromatic nitrogens is 3. The molecule has 1 aliphatic heterocycles. The summed E-state index contributed by atoms with van der Waals surface area (Å²) in [5.41, 5.74) is 1.75. The van der Waals surface area contributed by atoms with E-state index in [-0.39, 0.29) is 0 Å². The van der Waals surface area contributed by atoms with Gasteiger partial charge in [0.2, 0.25) is 5.89 Å². The van der Waals surface area contributed by atoms with E-state index in [0.29, 0.717) is 17.5 Å². The summed E-state index contributed by atoms with van der Waals surface area (Å²) in [4.78, 5) is 15.3. The third-order valence-electron chi connectivity index (χ3n) is 3.35. The van der Waals surface area contributed by atoms with Crippen molar-refractivity contribution in [2.24, 2.45) is 0 Å². The summed E-state index contributed by atoms with van der Waals surface area (Å²) in [6, 6.07) is 0. The molecule has 0 radical (unpaired) electrons. The van der Waals surface area contributed by atoms with Gasteiger partial charge < -0.3 is 9.32 Å². The molecule has 0 amide bonds. The van der Waals surface area contributed by atoms with Crippen molar-refractivity contribution in [2.45, 2.75) is 18.8 Å². The predicted octanol–water partition coefficient (Wildman–Crippen LogP) is 1.94. The van der Waals surface area contributed by atoms with Crippen molar-refractivity contribution < 1.29 is 4.42 Å². The molecule has 2 aromatic rings. The number of likely N-dealkylation sites (N-methyl/N-ethyl adjacent to an activating group) is 1. The van der Waals surface area contributed by atoms with Gasteiger partial charge in [-0.2, -0.15) is 0 Å². The first-order valence-electron chi connectivity index (χ1n) is 6.23. The number of piperidine rings is 1. The summed E-state index contributed by atoms with van der Waals surface area (Å²) in [6.07, 6.45) is 9.12. The van der Waals surface area contributed by atoms with Crippen LogP contribution in [0.3, 0.4) is 0 Å². The van der Waals surface area contributed by atoms with E-state index < -0.39 is 0 Å². The van der Waals surface area contributed by atoms with Crippen LogP contribution in [0.4, 0.5) is 0 Å². The lowest BCUT2D eigenvalue weighted by Crippen LogP contribution is -2.31. The highest BCUT2D eigenvalue weighted by Gasteiger charge is 2.21. The Kier molecular flexibility index (Phi) is 3.06. The van der Waals surface area contributed by atoms with Crippen molar-refractivity contribution in [3.8, 4) is 11.6 Å². The Morgan fingerprint density at radius 3 is 3.11 bits per heavy atom. The molecule has 94 valence electrons. The molecular formula is C13H16N4O. The van der Waals surface area contributed by atoms with Gasteiger partial charge in [-0.05, 0) is 26.4 Å². The normalized spacial score (nSPS) is 21.1. The van der Waals surface area contributed by atoms with Crippen LogP contribution in [0, 0.1) is 0 Å². The Balaban J connectivity index is 1.86. The van der Waals surface area contributed by atoms with Crippen LogP contribution >= 0.6 is 0 Å². The van der Waals surface area contributed by atoms with Crippen LogP contribution in [0.1, 0.15) is 24.5 Å². The quantitative estimate of drug-likeness (QED) is 0.808. The van der Waals surface area contributed by atoms with E-state index in [2.05, 4.69) is 26.9 Å². The van der Waals surface area contributed by atoms with Crippen LogP contribution in [-0.4, -0.2) is 40.0 Å². The zero-order valence-corrected chi connectivity index (χ0v) is 10.4. The summed E-state index contributed by atoms with van der Waals surface area (Å²) in [7, 11) is 2.15. The molecule has 2 aromatic heterocycles. The van der Waals surface area contributed by atoms with E-state index in [0.717, 1.165) is 12.2 Å². The first-order valence-corrected chi connectivity index (χ1v) is 6.23. The molecule has 1 fully saturated rings. The van der Waals surface area contributed by atoms with Crippen molar-refractivity contribution in [3.63, 3.8) is 0 Å². The van der Waals surface area contributed by atoms with E-state index >= 15 is 0 Å². The Hall–Kier alpha value is -1.75. The standard InChI is InChI=1S/C13H16N4O/c1-17-5-2-3-10(9-17)11-7-14-8-12(16-11)13-15-4-6-18-13/h4,6-8,10H,2-3,5,9H2,1H3. The van der Waals surface area contributed by atoms with Gasteiger partial charge in [0, 0.05) is 18.7 Å². The lowest BCUT2D eigenvalue weighted by atomic mass is 9.95. The highest BCUT2D eigenvalue weighted by Crippen LogP contribution is 2.25. The maximum atomic E-state index is 5.26. The molecule has 0 bridgehead atoms. The highest BCUT2D eigenvalue weighted by atomic mass is 16.3. The van der Waals surface area contributed by atoms with Gasteiger partial charge in [-0.15, -0.1) is 0 Å². The van der Waals surface area contributed by atoms with Gasteiger partial charge in [-0.25, -0.2) is 9.97 Å². The average Bonchev–Trinajstić information content (AvgIpc) is 2.93. The Morgan fingerprint density at radius 2 is 2.33 bits per heavy atom. The van der Waals surface area contributed by atoms with Crippen molar-refractivity contribution in [2.75, 3.05) is 20.1 Å². The SMILES string of the molecule is CN1CCCC(c2cncc(-c3ncco3)n2)C1. The molecule has 18 heavy (non-hydrogen) atoms. The smallest absolute Gasteiger partial charge is 0.246 e. The summed E-state index contributed by atoms with van der Waals surface area (Å²) in [5, 5.41) is 0. The van der Waals surface area contributed by atoms with E-state index in [9.17, 15) is 0 Å². The fourth-order valence-corrected chi connectivity index (χ4v) is 2.44. The lowest BCUT2D eigenvalue weighted by molar-refractivity contribution is 0.248. The predicted molar refractivity (Wildman–Crippen MR) is 67.0 cm³/mol. The summed E-state index contributed by atoms with van der Waals surface area (Å²) >= 11 is 0. The molecule has 0 saturated carbocycles. The molecule has 5 nitrogen and oxygen atoms in total. The minimum absolute atomic E-state index is 0.464. The van der Waals surface area contributed by atoms with Crippen molar-refractivity contribution >= 4 is 0 Å². The Morgan fingerprint density at radius 1 is 1.39 bits per heavy atom. The number of hydrogen-bond donors (Lipinski definition) is 0. The summed E-state index contributed by atoms with van der Waals surface area (Å²) < 4.78 is 5.26. The van der Waals surface area contributed by atoms with Gasteiger partial charge >= 0.3 is 0 Å². The van der Waals surface area contributed by atoms with Crippen LogP contribution in [-0.2, 0) is 0 Å². The molecule has 0 aliphatic carbocycles. The van der Waals surface area contributed by atoms with E-state index in [1.807, 2.05) is 6.20 Å². The molecule has 3 rings (SSSR count). The fraction of sp³-hybridized carbons (Fsp3) is 0.462. The Bertz CT molecular complexity index is 511. The molecule has 1 aliphatic rings. The second-order valence-electron chi connectivity index (χ2n) is 4.77. The number of rotatable bonds is 2. The molecule has 0 N–H and O–H groups in total. The third kappa shape index (κ3) is 2.26. The number of nitrogens with zero attached hydrogens (tertiary/aromatic N) is 4.